The number of aliphatic hydroxyl groups excluding tert-OH is 1. The average Bonchev–Trinajstić information content (AvgIpc) is 2.57. The first-order valence-corrected chi connectivity index (χ1v) is 8.63. The predicted octanol–water partition coefficient (Wildman–Crippen LogP) is 2.62. The molecule has 134 valence electrons. The van der Waals surface area contributed by atoms with Crippen molar-refractivity contribution in [3.05, 3.63) is 58.0 Å². The molecule has 0 spiro atoms. The molecule has 1 aromatic carbocycles. The Kier molecular flexibility index (Phi) is 5.08. The molecule has 1 fully saturated rings. The van der Waals surface area contributed by atoms with E-state index in [1.165, 1.54) is 0 Å². The van der Waals surface area contributed by atoms with Gasteiger partial charge >= 0.3 is 0 Å². The van der Waals surface area contributed by atoms with E-state index in [0.29, 0.717) is 12.1 Å². The second kappa shape index (κ2) is 7.12. The largest absolute Gasteiger partial charge is 0.381 e. The van der Waals surface area contributed by atoms with Gasteiger partial charge in [0.2, 0.25) is 0 Å². The van der Waals surface area contributed by atoms with Crippen LogP contribution in [0.1, 0.15) is 37.2 Å². The minimum Gasteiger partial charge on any atom is -0.381 e. The highest BCUT2D eigenvalue weighted by Crippen LogP contribution is 2.32. The van der Waals surface area contributed by atoms with E-state index in [1.54, 1.807) is 6.20 Å². The van der Waals surface area contributed by atoms with Crippen molar-refractivity contribution in [2.75, 3.05) is 13.2 Å². The van der Waals surface area contributed by atoms with E-state index < -0.39 is 6.29 Å². The lowest BCUT2D eigenvalue weighted by atomic mass is 9.82. The van der Waals surface area contributed by atoms with Gasteiger partial charge in [0.25, 0.3) is 0 Å². The van der Waals surface area contributed by atoms with E-state index >= 15 is 0 Å². The third-order valence-electron chi connectivity index (χ3n) is 5.01. The second-order valence-electron chi connectivity index (χ2n) is 7.29. The number of rotatable bonds is 4. The van der Waals surface area contributed by atoms with Crippen LogP contribution in [0.5, 0.6) is 0 Å². The van der Waals surface area contributed by atoms with Crippen LogP contribution in [0.25, 0.3) is 11.1 Å². The molecular weight excluding hydrogens is 318 g/mol. The van der Waals surface area contributed by atoms with Gasteiger partial charge in [-0.15, -0.1) is 0 Å². The molecule has 2 N–H and O–H groups in total. The number of benzene rings is 1. The number of nitrogens with zero attached hydrogens (tertiary/aromatic N) is 1. The fraction of sp³-hybridized carbons (Fsp3) is 0.450. The van der Waals surface area contributed by atoms with Gasteiger partial charge in [-0.05, 0) is 30.7 Å². The second-order valence-corrected chi connectivity index (χ2v) is 7.29. The first-order valence-electron chi connectivity index (χ1n) is 8.63. The van der Waals surface area contributed by atoms with Crippen LogP contribution in [0.2, 0.25) is 0 Å². The molecule has 0 saturated carbocycles. The van der Waals surface area contributed by atoms with Crippen LogP contribution in [0.3, 0.4) is 0 Å². The third kappa shape index (κ3) is 4.00. The summed E-state index contributed by atoms with van der Waals surface area (Å²) in [5.74, 6) is 0. The van der Waals surface area contributed by atoms with Gasteiger partial charge in [0.1, 0.15) is 0 Å². The lowest BCUT2D eigenvalue weighted by molar-refractivity contribution is -0.0439. The highest BCUT2D eigenvalue weighted by Gasteiger charge is 2.28. The van der Waals surface area contributed by atoms with Gasteiger partial charge in [-0.25, -0.2) is 0 Å². The summed E-state index contributed by atoms with van der Waals surface area (Å²) in [6, 6.07) is 7.67. The Morgan fingerprint density at radius 1 is 1.16 bits per heavy atom. The van der Waals surface area contributed by atoms with E-state index in [0.717, 1.165) is 37.2 Å². The van der Waals surface area contributed by atoms with Crippen molar-refractivity contribution in [3.63, 3.8) is 0 Å². The van der Waals surface area contributed by atoms with Crippen molar-refractivity contribution < 1.29 is 14.9 Å². The molecule has 1 aliphatic rings. The van der Waals surface area contributed by atoms with Crippen molar-refractivity contribution in [3.8, 4) is 11.1 Å². The minimum absolute atomic E-state index is 0.00809. The molecule has 0 bridgehead atoms. The molecule has 0 aliphatic carbocycles. The Bertz CT molecular complexity index is 786. The number of aliphatic hydroxyl groups is 2. The van der Waals surface area contributed by atoms with Crippen LogP contribution in [0.4, 0.5) is 0 Å². The fourth-order valence-corrected chi connectivity index (χ4v) is 3.33. The molecule has 2 aromatic rings. The van der Waals surface area contributed by atoms with E-state index in [4.69, 9.17) is 4.74 Å². The van der Waals surface area contributed by atoms with Crippen LogP contribution < -0.4 is 5.43 Å². The summed E-state index contributed by atoms with van der Waals surface area (Å²) in [6.07, 6.45) is 3.48. The molecule has 5 nitrogen and oxygen atoms in total. The van der Waals surface area contributed by atoms with Crippen molar-refractivity contribution in [1.82, 2.24) is 4.57 Å². The van der Waals surface area contributed by atoms with Gasteiger partial charge in [0.05, 0.1) is 5.56 Å². The summed E-state index contributed by atoms with van der Waals surface area (Å²) in [5.41, 5.74) is 2.11. The zero-order valence-electron chi connectivity index (χ0n) is 14.7. The normalized spacial score (nSPS) is 17.0. The molecule has 2 heterocycles. The number of aromatic nitrogens is 1. The van der Waals surface area contributed by atoms with Gasteiger partial charge < -0.3 is 19.5 Å². The highest BCUT2D eigenvalue weighted by molar-refractivity contribution is 5.63. The Morgan fingerprint density at radius 3 is 2.40 bits per heavy atom. The van der Waals surface area contributed by atoms with Gasteiger partial charge in [0, 0.05) is 37.7 Å². The molecular formula is C20H25NO4. The maximum Gasteiger partial charge on any atom is 0.197 e. The number of hydrogen-bond acceptors (Lipinski definition) is 4. The Labute approximate surface area is 147 Å². The summed E-state index contributed by atoms with van der Waals surface area (Å²) in [6.45, 7) is 6.36. The summed E-state index contributed by atoms with van der Waals surface area (Å²) >= 11 is 0. The first-order chi connectivity index (χ1) is 11.9. The Hall–Kier alpha value is -1.95. The standard InChI is InChI=1S/C20H25NO4/c1-14-3-5-15(6-4-14)16-11-21(12-17(18(16)22)19(23)24)13-20(2)7-9-25-10-8-20/h3-6,11-12,19,23-24H,7-10,13H2,1-2H3. The lowest BCUT2D eigenvalue weighted by Gasteiger charge is -2.34. The van der Waals surface area contributed by atoms with E-state index in [2.05, 4.69) is 6.92 Å². The Morgan fingerprint density at radius 2 is 1.80 bits per heavy atom. The van der Waals surface area contributed by atoms with Gasteiger partial charge in [-0.1, -0.05) is 36.8 Å². The minimum atomic E-state index is -1.79. The molecule has 1 aliphatic heterocycles. The molecule has 25 heavy (non-hydrogen) atoms. The zero-order valence-corrected chi connectivity index (χ0v) is 14.7. The third-order valence-corrected chi connectivity index (χ3v) is 5.01. The van der Waals surface area contributed by atoms with Crippen molar-refractivity contribution in [1.29, 1.82) is 0 Å². The fourth-order valence-electron chi connectivity index (χ4n) is 3.33. The molecule has 1 aromatic heterocycles. The summed E-state index contributed by atoms with van der Waals surface area (Å²) in [7, 11) is 0. The maximum absolute atomic E-state index is 12.7. The first kappa shape index (κ1) is 17.9. The summed E-state index contributed by atoms with van der Waals surface area (Å²) in [4.78, 5) is 12.7. The average molecular weight is 343 g/mol. The quantitative estimate of drug-likeness (QED) is 0.837. The molecule has 1 saturated heterocycles. The molecule has 0 amide bonds. The molecule has 3 rings (SSSR count). The van der Waals surface area contributed by atoms with Gasteiger partial charge in [-0.2, -0.15) is 0 Å². The summed E-state index contributed by atoms with van der Waals surface area (Å²) in [5, 5.41) is 19.3. The smallest absolute Gasteiger partial charge is 0.197 e. The predicted molar refractivity (Wildman–Crippen MR) is 96.2 cm³/mol. The van der Waals surface area contributed by atoms with Crippen LogP contribution in [0, 0.1) is 12.3 Å². The van der Waals surface area contributed by atoms with Gasteiger partial charge in [-0.3, -0.25) is 4.79 Å². The number of hydrogen-bond donors (Lipinski definition) is 2. The van der Waals surface area contributed by atoms with E-state index in [-0.39, 0.29) is 16.4 Å². The monoisotopic (exact) mass is 343 g/mol. The summed E-state index contributed by atoms with van der Waals surface area (Å²) < 4.78 is 7.36. The van der Waals surface area contributed by atoms with Crippen molar-refractivity contribution in [2.45, 2.75) is 39.5 Å². The van der Waals surface area contributed by atoms with E-state index in [9.17, 15) is 15.0 Å². The Balaban J connectivity index is 2.04. The van der Waals surface area contributed by atoms with Crippen LogP contribution >= 0.6 is 0 Å². The van der Waals surface area contributed by atoms with Crippen LogP contribution in [-0.2, 0) is 11.3 Å². The van der Waals surface area contributed by atoms with Gasteiger partial charge in [0.15, 0.2) is 11.7 Å². The van der Waals surface area contributed by atoms with E-state index in [1.807, 2.05) is 42.0 Å². The van der Waals surface area contributed by atoms with Crippen molar-refractivity contribution in [2.24, 2.45) is 5.41 Å². The highest BCUT2D eigenvalue weighted by atomic mass is 16.5. The van der Waals surface area contributed by atoms with Crippen LogP contribution in [-0.4, -0.2) is 28.0 Å². The van der Waals surface area contributed by atoms with Crippen molar-refractivity contribution >= 4 is 0 Å². The lowest BCUT2D eigenvalue weighted by Crippen LogP contribution is -2.32. The van der Waals surface area contributed by atoms with Crippen LogP contribution in [0.15, 0.2) is 41.5 Å². The SMILES string of the molecule is Cc1ccc(-c2cn(CC3(C)CCOCC3)cc(C(O)O)c2=O)cc1. The maximum atomic E-state index is 12.7. The molecule has 0 unspecified atom stereocenters. The topological polar surface area (TPSA) is 71.7 Å². The number of pyridine rings is 1. The molecule has 5 heteroatoms. The zero-order chi connectivity index (χ0) is 18.0. The molecule has 0 atom stereocenters. The molecule has 0 radical (unpaired) electrons. The number of aryl methyl sites for hydroxylation is 1. The number of ether oxygens (including phenoxy) is 1.